The number of nitrogens with one attached hydrogen (secondary N) is 1. The molecule has 1 saturated carbocycles. The van der Waals surface area contributed by atoms with Crippen molar-refractivity contribution in [1.82, 2.24) is 10.2 Å². The molecule has 2 fully saturated rings. The summed E-state index contributed by atoms with van der Waals surface area (Å²) in [7, 11) is 0. The van der Waals surface area contributed by atoms with Crippen LogP contribution in [0.5, 0.6) is 0 Å². The molecule has 17 heavy (non-hydrogen) atoms. The first-order chi connectivity index (χ1) is 8.27. The summed E-state index contributed by atoms with van der Waals surface area (Å²) in [6.45, 7) is 5.89. The Balaban J connectivity index is 1.69. The molecule has 1 aliphatic heterocycles. The zero-order valence-corrected chi connectivity index (χ0v) is 11.4. The Kier molecular flexibility index (Phi) is 3.24. The summed E-state index contributed by atoms with van der Waals surface area (Å²) in [5, 5.41) is 6.00. The van der Waals surface area contributed by atoms with E-state index < -0.39 is 0 Å². The number of nitrogens with zero attached hydrogens (tertiary/aromatic N) is 1. The Morgan fingerprint density at radius 1 is 1.47 bits per heavy atom. The molecule has 1 unspecified atom stereocenters. The van der Waals surface area contributed by atoms with Crippen LogP contribution in [0.3, 0.4) is 0 Å². The largest absolute Gasteiger partial charge is 0.308 e. The van der Waals surface area contributed by atoms with Crippen LogP contribution in [0.1, 0.15) is 37.5 Å². The van der Waals surface area contributed by atoms with Crippen LogP contribution in [0.2, 0.25) is 0 Å². The highest BCUT2D eigenvalue weighted by molar-refractivity contribution is 7.09. The SMILES string of the molecule is CC1CNC2(CCCC2)CN1Cc1cccs1. The van der Waals surface area contributed by atoms with E-state index in [1.54, 1.807) is 0 Å². The number of thiophene rings is 1. The molecule has 2 aliphatic rings. The monoisotopic (exact) mass is 250 g/mol. The number of piperazine rings is 1. The van der Waals surface area contributed by atoms with Gasteiger partial charge in [0.25, 0.3) is 0 Å². The molecule has 2 nitrogen and oxygen atoms in total. The van der Waals surface area contributed by atoms with Crippen molar-refractivity contribution in [3.63, 3.8) is 0 Å². The Morgan fingerprint density at radius 3 is 3.00 bits per heavy atom. The van der Waals surface area contributed by atoms with Crippen molar-refractivity contribution in [3.05, 3.63) is 22.4 Å². The van der Waals surface area contributed by atoms with E-state index in [4.69, 9.17) is 0 Å². The Labute approximate surface area is 108 Å². The van der Waals surface area contributed by atoms with Gasteiger partial charge in [0.05, 0.1) is 0 Å². The van der Waals surface area contributed by atoms with Gasteiger partial charge < -0.3 is 5.32 Å². The van der Waals surface area contributed by atoms with E-state index in [1.807, 2.05) is 11.3 Å². The first kappa shape index (κ1) is 11.7. The predicted molar refractivity (Wildman–Crippen MR) is 73.4 cm³/mol. The molecule has 1 saturated heterocycles. The molecular weight excluding hydrogens is 228 g/mol. The molecule has 94 valence electrons. The predicted octanol–water partition coefficient (Wildman–Crippen LogP) is 2.85. The van der Waals surface area contributed by atoms with Gasteiger partial charge in [-0.2, -0.15) is 0 Å². The van der Waals surface area contributed by atoms with Crippen molar-refractivity contribution in [2.24, 2.45) is 0 Å². The second kappa shape index (κ2) is 4.71. The topological polar surface area (TPSA) is 15.3 Å². The van der Waals surface area contributed by atoms with Crippen LogP contribution in [-0.4, -0.2) is 29.6 Å². The van der Waals surface area contributed by atoms with Gasteiger partial charge in [-0.25, -0.2) is 0 Å². The fourth-order valence-electron chi connectivity index (χ4n) is 3.29. The molecule has 3 rings (SSSR count). The third kappa shape index (κ3) is 2.42. The van der Waals surface area contributed by atoms with E-state index in [0.717, 1.165) is 13.1 Å². The minimum atomic E-state index is 0.448. The van der Waals surface area contributed by atoms with Crippen LogP contribution < -0.4 is 5.32 Å². The summed E-state index contributed by atoms with van der Waals surface area (Å²) in [5.74, 6) is 0. The first-order valence-electron chi connectivity index (χ1n) is 6.79. The smallest absolute Gasteiger partial charge is 0.0332 e. The van der Waals surface area contributed by atoms with Crippen molar-refractivity contribution in [3.8, 4) is 0 Å². The minimum absolute atomic E-state index is 0.448. The van der Waals surface area contributed by atoms with E-state index in [0.29, 0.717) is 11.6 Å². The minimum Gasteiger partial charge on any atom is -0.308 e. The second-order valence-corrected chi connectivity index (χ2v) is 6.73. The molecule has 2 heterocycles. The molecule has 1 N–H and O–H groups in total. The normalized spacial score (nSPS) is 28.9. The lowest BCUT2D eigenvalue weighted by molar-refractivity contribution is 0.0836. The van der Waals surface area contributed by atoms with Crippen LogP contribution in [-0.2, 0) is 6.54 Å². The summed E-state index contributed by atoms with van der Waals surface area (Å²) in [5.41, 5.74) is 0.448. The van der Waals surface area contributed by atoms with Crippen molar-refractivity contribution >= 4 is 11.3 Å². The molecule has 0 radical (unpaired) electrons. The third-order valence-corrected chi connectivity index (χ3v) is 5.26. The van der Waals surface area contributed by atoms with Crippen molar-refractivity contribution < 1.29 is 0 Å². The quantitative estimate of drug-likeness (QED) is 0.868. The molecule has 1 aromatic rings. The standard InChI is InChI=1S/C14H22N2S/c1-12-9-15-14(6-2-3-7-14)11-16(12)10-13-5-4-8-17-13/h4-5,8,12,15H,2-3,6-7,9-11H2,1H3. The molecule has 3 heteroatoms. The zero-order valence-electron chi connectivity index (χ0n) is 10.6. The van der Waals surface area contributed by atoms with Gasteiger partial charge in [-0.3, -0.25) is 4.90 Å². The van der Waals surface area contributed by atoms with Gasteiger partial charge in [0, 0.05) is 36.1 Å². The van der Waals surface area contributed by atoms with Gasteiger partial charge in [-0.1, -0.05) is 18.9 Å². The molecule has 1 aromatic heterocycles. The van der Waals surface area contributed by atoms with E-state index in [9.17, 15) is 0 Å². The molecule has 0 amide bonds. The summed E-state index contributed by atoms with van der Waals surface area (Å²) in [6.07, 6.45) is 5.57. The molecule has 0 bridgehead atoms. The van der Waals surface area contributed by atoms with E-state index in [2.05, 4.69) is 34.7 Å². The van der Waals surface area contributed by atoms with Crippen LogP contribution in [0.25, 0.3) is 0 Å². The van der Waals surface area contributed by atoms with E-state index in [-0.39, 0.29) is 0 Å². The van der Waals surface area contributed by atoms with E-state index in [1.165, 1.54) is 37.1 Å². The summed E-state index contributed by atoms with van der Waals surface area (Å²) in [4.78, 5) is 4.18. The van der Waals surface area contributed by atoms with Crippen LogP contribution >= 0.6 is 11.3 Å². The average molecular weight is 250 g/mol. The van der Waals surface area contributed by atoms with Crippen LogP contribution in [0.4, 0.5) is 0 Å². The summed E-state index contributed by atoms with van der Waals surface area (Å²) < 4.78 is 0. The average Bonchev–Trinajstić information content (AvgIpc) is 2.96. The third-order valence-electron chi connectivity index (χ3n) is 4.40. The van der Waals surface area contributed by atoms with Gasteiger partial charge >= 0.3 is 0 Å². The zero-order chi connectivity index (χ0) is 11.7. The fraction of sp³-hybridized carbons (Fsp3) is 0.714. The highest BCUT2D eigenvalue weighted by atomic mass is 32.1. The van der Waals surface area contributed by atoms with Crippen molar-refractivity contribution in [2.75, 3.05) is 13.1 Å². The maximum absolute atomic E-state index is 3.82. The fourth-order valence-corrected chi connectivity index (χ4v) is 4.02. The van der Waals surface area contributed by atoms with Gasteiger partial charge in [0.2, 0.25) is 0 Å². The van der Waals surface area contributed by atoms with Gasteiger partial charge in [0.15, 0.2) is 0 Å². The lowest BCUT2D eigenvalue weighted by Crippen LogP contribution is -2.61. The van der Waals surface area contributed by atoms with Gasteiger partial charge in [0.1, 0.15) is 0 Å². The Hall–Kier alpha value is -0.380. The highest BCUT2D eigenvalue weighted by Crippen LogP contribution is 2.33. The molecular formula is C14H22N2S. The van der Waals surface area contributed by atoms with Gasteiger partial charge in [-0.15, -0.1) is 11.3 Å². The van der Waals surface area contributed by atoms with Crippen LogP contribution in [0.15, 0.2) is 17.5 Å². The number of hydrogen-bond donors (Lipinski definition) is 1. The highest BCUT2D eigenvalue weighted by Gasteiger charge is 2.39. The summed E-state index contributed by atoms with van der Waals surface area (Å²) >= 11 is 1.89. The van der Waals surface area contributed by atoms with Crippen molar-refractivity contribution in [1.29, 1.82) is 0 Å². The number of rotatable bonds is 2. The van der Waals surface area contributed by atoms with E-state index >= 15 is 0 Å². The maximum Gasteiger partial charge on any atom is 0.0332 e. The molecule has 1 aliphatic carbocycles. The summed E-state index contributed by atoms with van der Waals surface area (Å²) in [6, 6.07) is 5.10. The first-order valence-corrected chi connectivity index (χ1v) is 7.67. The lowest BCUT2D eigenvalue weighted by Gasteiger charge is -2.45. The molecule has 1 spiro atoms. The Bertz CT molecular complexity index is 354. The maximum atomic E-state index is 3.82. The Morgan fingerprint density at radius 2 is 2.29 bits per heavy atom. The molecule has 0 aromatic carbocycles. The van der Waals surface area contributed by atoms with Crippen molar-refractivity contribution in [2.45, 2.75) is 50.7 Å². The lowest BCUT2D eigenvalue weighted by atomic mass is 9.92. The van der Waals surface area contributed by atoms with Gasteiger partial charge in [-0.05, 0) is 31.2 Å². The van der Waals surface area contributed by atoms with Crippen LogP contribution in [0, 0.1) is 0 Å². The number of hydrogen-bond acceptors (Lipinski definition) is 3. The second-order valence-electron chi connectivity index (χ2n) is 5.70. The molecule has 1 atom stereocenters.